The van der Waals surface area contributed by atoms with Crippen molar-refractivity contribution in [2.75, 3.05) is 19.5 Å². The molecule has 1 fully saturated rings. The third kappa shape index (κ3) is 1.81. The molecule has 0 spiro atoms. The first-order valence-electron chi connectivity index (χ1n) is 3.58. The van der Waals surface area contributed by atoms with E-state index in [1.165, 1.54) is 11.8 Å². The molecule has 1 heterocycles. The molecule has 0 unspecified atom stereocenters. The Bertz CT molecular complexity index is 226. The van der Waals surface area contributed by atoms with E-state index in [9.17, 15) is 0 Å². The predicted molar refractivity (Wildman–Crippen MR) is 50.1 cm³/mol. The fourth-order valence-electron chi connectivity index (χ4n) is 1.03. The number of hydrogen-bond acceptors (Lipinski definition) is 4. The maximum atomic E-state index is 5.38. The summed E-state index contributed by atoms with van der Waals surface area (Å²) in [4.78, 5) is 3.85. The second-order valence-electron chi connectivity index (χ2n) is 2.39. The van der Waals surface area contributed by atoms with Crippen molar-refractivity contribution >= 4 is 16.8 Å². The Balaban J connectivity index is 2.78. The topological polar surface area (TPSA) is 30.8 Å². The lowest BCUT2D eigenvalue weighted by Gasteiger charge is -2.21. The molecule has 4 heteroatoms. The van der Waals surface area contributed by atoms with Crippen LogP contribution in [0.25, 0.3) is 0 Å². The smallest absolute Gasteiger partial charge is 0.216 e. The van der Waals surface area contributed by atoms with Gasteiger partial charge in [-0.3, -0.25) is 0 Å². The highest BCUT2D eigenvalue weighted by Gasteiger charge is 2.36. The number of terminal acetylenes is 1. The molecule has 1 saturated heterocycles. The van der Waals surface area contributed by atoms with Gasteiger partial charge in [0.05, 0.1) is 13.2 Å². The number of thioether (sulfide) groups is 1. The summed E-state index contributed by atoms with van der Waals surface area (Å²) in [5, 5.41) is 0.697. The summed E-state index contributed by atoms with van der Waals surface area (Å²) in [5.41, 5.74) is 0. The van der Waals surface area contributed by atoms with Crippen LogP contribution in [0.15, 0.2) is 4.99 Å². The molecule has 0 N–H and O–H groups in total. The molecule has 0 amide bonds. The fourth-order valence-corrected chi connectivity index (χ4v) is 1.66. The first-order valence-corrected chi connectivity index (χ1v) is 4.81. The Morgan fingerprint density at radius 2 is 2.17 bits per heavy atom. The molecule has 0 radical (unpaired) electrons. The zero-order chi connectivity index (χ0) is 9.03. The Morgan fingerprint density at radius 3 is 2.58 bits per heavy atom. The lowest BCUT2D eigenvalue weighted by atomic mass is 10.3. The van der Waals surface area contributed by atoms with Gasteiger partial charge in [0.15, 0.2) is 0 Å². The lowest BCUT2D eigenvalue weighted by molar-refractivity contribution is -0.0788. The van der Waals surface area contributed by atoms with E-state index in [0.29, 0.717) is 18.3 Å². The highest BCUT2D eigenvalue weighted by molar-refractivity contribution is 8.13. The molecule has 0 atom stereocenters. The van der Waals surface area contributed by atoms with E-state index in [1.54, 1.807) is 0 Å². The summed E-state index contributed by atoms with van der Waals surface area (Å²) in [7, 11) is 0. The van der Waals surface area contributed by atoms with E-state index in [0.717, 1.165) is 0 Å². The minimum atomic E-state index is -0.716. The average molecular weight is 185 g/mol. The van der Waals surface area contributed by atoms with Crippen LogP contribution in [0.2, 0.25) is 0 Å². The first kappa shape index (κ1) is 9.59. The Labute approximate surface area is 76.5 Å². The van der Waals surface area contributed by atoms with Gasteiger partial charge in [0.1, 0.15) is 5.04 Å². The van der Waals surface area contributed by atoms with Crippen molar-refractivity contribution in [1.82, 2.24) is 0 Å². The van der Waals surface area contributed by atoms with Crippen molar-refractivity contribution in [2.45, 2.75) is 12.7 Å². The third-order valence-electron chi connectivity index (χ3n) is 1.59. The van der Waals surface area contributed by atoms with Crippen LogP contribution >= 0.6 is 11.8 Å². The van der Waals surface area contributed by atoms with Gasteiger partial charge >= 0.3 is 0 Å². The molecule has 12 heavy (non-hydrogen) atoms. The van der Waals surface area contributed by atoms with Crippen LogP contribution in [-0.2, 0) is 9.47 Å². The Morgan fingerprint density at radius 1 is 1.58 bits per heavy atom. The standard InChI is InChI=1S/C8H11NO2S/c1-4-9-7(12-3)8(2)10-5-6-11-8/h1H,5-6H2,2-3H3/b9-7-. The van der Waals surface area contributed by atoms with E-state index in [-0.39, 0.29) is 0 Å². The molecular weight excluding hydrogens is 174 g/mol. The molecule has 0 aromatic heterocycles. The highest BCUT2D eigenvalue weighted by atomic mass is 32.2. The fraction of sp³-hybridized carbons (Fsp3) is 0.625. The van der Waals surface area contributed by atoms with Crippen LogP contribution in [0.1, 0.15) is 6.92 Å². The molecule has 0 bridgehead atoms. The summed E-state index contributed by atoms with van der Waals surface area (Å²) < 4.78 is 10.8. The van der Waals surface area contributed by atoms with Crippen LogP contribution in [-0.4, -0.2) is 30.3 Å². The van der Waals surface area contributed by atoms with Crippen LogP contribution in [0.5, 0.6) is 0 Å². The first-order chi connectivity index (χ1) is 5.73. The molecule has 0 aliphatic carbocycles. The zero-order valence-corrected chi connectivity index (χ0v) is 7.98. The molecular formula is C8H11NO2S. The van der Waals surface area contributed by atoms with Crippen LogP contribution in [0.3, 0.4) is 0 Å². The van der Waals surface area contributed by atoms with Gasteiger partial charge in [-0.05, 0) is 13.2 Å². The van der Waals surface area contributed by atoms with E-state index in [4.69, 9.17) is 15.9 Å². The quantitative estimate of drug-likeness (QED) is 0.348. The Kier molecular flexibility index (Phi) is 3.15. The number of hydrogen-bond donors (Lipinski definition) is 0. The van der Waals surface area contributed by atoms with Crippen molar-refractivity contribution in [2.24, 2.45) is 4.99 Å². The monoisotopic (exact) mass is 185 g/mol. The molecule has 0 aromatic carbocycles. The third-order valence-corrected chi connectivity index (χ3v) is 2.44. The van der Waals surface area contributed by atoms with E-state index in [1.807, 2.05) is 13.2 Å². The van der Waals surface area contributed by atoms with E-state index < -0.39 is 5.79 Å². The number of nitrogens with zero attached hydrogens (tertiary/aromatic N) is 1. The lowest BCUT2D eigenvalue weighted by Crippen LogP contribution is -2.34. The van der Waals surface area contributed by atoms with E-state index in [2.05, 4.69) is 11.0 Å². The second kappa shape index (κ2) is 3.94. The highest BCUT2D eigenvalue weighted by Crippen LogP contribution is 2.25. The largest absolute Gasteiger partial charge is 0.342 e. The summed E-state index contributed by atoms with van der Waals surface area (Å²) in [6.45, 7) is 3.02. The molecule has 0 saturated carbocycles. The predicted octanol–water partition coefficient (Wildman–Crippen LogP) is 1.10. The summed E-state index contributed by atoms with van der Waals surface area (Å²) >= 11 is 1.45. The maximum absolute atomic E-state index is 5.38. The molecule has 1 rings (SSSR count). The van der Waals surface area contributed by atoms with Gasteiger partial charge in [-0.25, -0.2) is 0 Å². The molecule has 66 valence electrons. The van der Waals surface area contributed by atoms with Gasteiger partial charge in [-0.1, -0.05) is 6.42 Å². The summed E-state index contributed by atoms with van der Waals surface area (Å²) in [6, 6.07) is 2.23. The summed E-state index contributed by atoms with van der Waals surface area (Å²) in [6.07, 6.45) is 6.96. The van der Waals surface area contributed by atoms with Gasteiger partial charge in [0, 0.05) is 6.04 Å². The zero-order valence-electron chi connectivity index (χ0n) is 7.16. The number of aliphatic imine (C=N–C) groups is 1. The molecule has 0 aromatic rings. The molecule has 1 aliphatic rings. The molecule has 1 aliphatic heterocycles. The SMILES string of the molecule is C#C/N=C(\SC)C1(C)OCCO1. The van der Waals surface area contributed by atoms with Crippen molar-refractivity contribution in [1.29, 1.82) is 0 Å². The van der Waals surface area contributed by atoms with Crippen molar-refractivity contribution in [3.8, 4) is 12.5 Å². The minimum Gasteiger partial charge on any atom is -0.342 e. The van der Waals surface area contributed by atoms with Crippen molar-refractivity contribution in [3.05, 3.63) is 0 Å². The number of ether oxygens (including phenoxy) is 2. The molecule has 3 nitrogen and oxygen atoms in total. The van der Waals surface area contributed by atoms with E-state index >= 15 is 0 Å². The van der Waals surface area contributed by atoms with Crippen LogP contribution in [0, 0.1) is 12.5 Å². The van der Waals surface area contributed by atoms with Gasteiger partial charge in [-0.15, -0.1) is 11.8 Å². The maximum Gasteiger partial charge on any atom is 0.216 e. The van der Waals surface area contributed by atoms with Gasteiger partial charge < -0.3 is 9.47 Å². The van der Waals surface area contributed by atoms with Crippen LogP contribution < -0.4 is 0 Å². The van der Waals surface area contributed by atoms with Gasteiger partial charge in [-0.2, -0.15) is 4.99 Å². The number of rotatable bonds is 1. The van der Waals surface area contributed by atoms with Crippen molar-refractivity contribution in [3.63, 3.8) is 0 Å². The minimum absolute atomic E-state index is 0.598. The second-order valence-corrected chi connectivity index (χ2v) is 3.19. The van der Waals surface area contributed by atoms with Gasteiger partial charge in [0.25, 0.3) is 0 Å². The summed E-state index contributed by atoms with van der Waals surface area (Å²) in [5.74, 6) is -0.716. The Hall–Kier alpha value is -0.500. The van der Waals surface area contributed by atoms with Gasteiger partial charge in [0.2, 0.25) is 5.79 Å². The average Bonchev–Trinajstić information content (AvgIpc) is 2.49. The normalized spacial score (nSPS) is 22.2. The van der Waals surface area contributed by atoms with Crippen LogP contribution in [0.4, 0.5) is 0 Å². The van der Waals surface area contributed by atoms with Crippen molar-refractivity contribution < 1.29 is 9.47 Å².